The van der Waals surface area contributed by atoms with Gasteiger partial charge in [0.15, 0.2) is 5.65 Å². The van der Waals surface area contributed by atoms with E-state index in [0.29, 0.717) is 24.6 Å². The van der Waals surface area contributed by atoms with Crippen molar-refractivity contribution >= 4 is 5.65 Å². The van der Waals surface area contributed by atoms with Gasteiger partial charge >= 0.3 is 5.69 Å². The molecule has 6 nitrogen and oxygen atoms in total. The van der Waals surface area contributed by atoms with E-state index in [0.717, 1.165) is 22.4 Å². The van der Waals surface area contributed by atoms with Crippen molar-refractivity contribution < 1.29 is 4.74 Å². The minimum absolute atomic E-state index is 0.207. The Balaban J connectivity index is 1.89. The lowest BCUT2D eigenvalue weighted by Gasteiger charge is -2.06. The van der Waals surface area contributed by atoms with Gasteiger partial charge in [0, 0.05) is 18.7 Å². The molecule has 0 aliphatic rings. The maximum absolute atomic E-state index is 13.1. The number of benzene rings is 2. The standard InChI is InChI=1S/C21H20N4O2/c1-15-7-6-8-16(11-15)13-24-21(26)25-19(23-24)12-18(14-27-2)22-20(25)17-9-4-3-5-10-17/h3-12H,13-14H2,1-2H3. The number of aromatic nitrogens is 4. The van der Waals surface area contributed by atoms with Crippen molar-refractivity contribution in [3.05, 3.63) is 88.0 Å². The average Bonchev–Trinajstić information content (AvgIpc) is 2.98. The maximum atomic E-state index is 13.1. The first-order valence-corrected chi connectivity index (χ1v) is 8.75. The molecule has 0 saturated heterocycles. The summed E-state index contributed by atoms with van der Waals surface area (Å²) in [5.74, 6) is 0.570. The Morgan fingerprint density at radius 3 is 2.59 bits per heavy atom. The highest BCUT2D eigenvalue weighted by Gasteiger charge is 2.15. The zero-order chi connectivity index (χ0) is 18.8. The van der Waals surface area contributed by atoms with Crippen LogP contribution < -0.4 is 5.69 Å². The minimum atomic E-state index is -0.207. The lowest BCUT2D eigenvalue weighted by molar-refractivity contribution is 0.181. The number of hydrogen-bond acceptors (Lipinski definition) is 4. The summed E-state index contributed by atoms with van der Waals surface area (Å²) in [6, 6.07) is 19.5. The summed E-state index contributed by atoms with van der Waals surface area (Å²) in [7, 11) is 1.62. The molecule has 6 heteroatoms. The Morgan fingerprint density at radius 1 is 1.04 bits per heavy atom. The van der Waals surface area contributed by atoms with Gasteiger partial charge < -0.3 is 4.74 Å². The molecule has 2 heterocycles. The summed E-state index contributed by atoms with van der Waals surface area (Å²) in [4.78, 5) is 17.7. The third-order valence-corrected chi connectivity index (χ3v) is 4.36. The number of aryl methyl sites for hydroxylation is 1. The highest BCUT2D eigenvalue weighted by atomic mass is 16.5. The smallest absolute Gasteiger partial charge is 0.352 e. The molecule has 0 spiro atoms. The molecule has 0 atom stereocenters. The molecule has 136 valence electrons. The molecule has 0 saturated carbocycles. The Kier molecular flexibility index (Phi) is 4.56. The molecule has 0 aliphatic heterocycles. The molecule has 0 radical (unpaired) electrons. The lowest BCUT2D eigenvalue weighted by Crippen LogP contribution is -2.23. The molecule has 4 aromatic rings. The first kappa shape index (κ1) is 17.2. The van der Waals surface area contributed by atoms with Crippen molar-refractivity contribution in [2.24, 2.45) is 0 Å². The summed E-state index contributed by atoms with van der Waals surface area (Å²) < 4.78 is 8.27. The van der Waals surface area contributed by atoms with Crippen LogP contribution in [0.2, 0.25) is 0 Å². The Bertz CT molecular complexity index is 1150. The second-order valence-electron chi connectivity index (χ2n) is 6.49. The molecule has 2 aromatic carbocycles. The first-order valence-electron chi connectivity index (χ1n) is 8.75. The first-order chi connectivity index (χ1) is 13.2. The van der Waals surface area contributed by atoms with E-state index in [4.69, 9.17) is 4.74 Å². The van der Waals surface area contributed by atoms with Crippen LogP contribution in [0.3, 0.4) is 0 Å². The predicted octanol–water partition coefficient (Wildman–Crippen LogP) is 3.06. The molecular formula is C21H20N4O2. The molecule has 0 fully saturated rings. The van der Waals surface area contributed by atoms with Gasteiger partial charge in [0.25, 0.3) is 0 Å². The van der Waals surface area contributed by atoms with Gasteiger partial charge in [0.05, 0.1) is 18.8 Å². The molecule has 0 amide bonds. The van der Waals surface area contributed by atoms with E-state index >= 15 is 0 Å². The van der Waals surface area contributed by atoms with Crippen LogP contribution in [0, 0.1) is 6.92 Å². The van der Waals surface area contributed by atoms with Gasteiger partial charge in [-0.1, -0.05) is 60.2 Å². The van der Waals surface area contributed by atoms with Gasteiger partial charge in [-0.2, -0.15) is 0 Å². The van der Waals surface area contributed by atoms with E-state index in [1.165, 1.54) is 4.68 Å². The van der Waals surface area contributed by atoms with Crippen LogP contribution in [0.25, 0.3) is 17.0 Å². The number of hydrogen-bond donors (Lipinski definition) is 0. The van der Waals surface area contributed by atoms with Gasteiger partial charge in [-0.05, 0) is 12.5 Å². The largest absolute Gasteiger partial charge is 0.378 e. The third-order valence-electron chi connectivity index (χ3n) is 4.36. The van der Waals surface area contributed by atoms with Crippen molar-refractivity contribution in [3.63, 3.8) is 0 Å². The zero-order valence-corrected chi connectivity index (χ0v) is 15.3. The summed E-state index contributed by atoms with van der Waals surface area (Å²) in [6.45, 7) is 2.80. The third kappa shape index (κ3) is 3.39. The van der Waals surface area contributed by atoms with Gasteiger partial charge in [0.1, 0.15) is 5.82 Å². The summed E-state index contributed by atoms with van der Waals surface area (Å²) in [5.41, 5.74) is 4.13. The predicted molar refractivity (Wildman–Crippen MR) is 104 cm³/mol. The van der Waals surface area contributed by atoms with Crippen LogP contribution in [0.15, 0.2) is 65.5 Å². The van der Waals surface area contributed by atoms with E-state index in [2.05, 4.69) is 16.1 Å². The van der Waals surface area contributed by atoms with Crippen molar-refractivity contribution in [3.8, 4) is 11.4 Å². The molecule has 0 N–H and O–H groups in total. The van der Waals surface area contributed by atoms with E-state index in [1.807, 2.05) is 55.5 Å². The minimum Gasteiger partial charge on any atom is -0.378 e. The van der Waals surface area contributed by atoms with Gasteiger partial charge in [0.2, 0.25) is 0 Å². The topological polar surface area (TPSA) is 61.4 Å². The van der Waals surface area contributed by atoms with Gasteiger partial charge in [-0.25, -0.2) is 18.9 Å². The van der Waals surface area contributed by atoms with Crippen LogP contribution in [0.4, 0.5) is 0 Å². The lowest BCUT2D eigenvalue weighted by atomic mass is 10.1. The average molecular weight is 360 g/mol. The van der Waals surface area contributed by atoms with Gasteiger partial charge in [-0.15, -0.1) is 5.10 Å². The molecule has 0 bridgehead atoms. The van der Waals surface area contributed by atoms with Crippen molar-refractivity contribution in [2.45, 2.75) is 20.1 Å². The van der Waals surface area contributed by atoms with Crippen molar-refractivity contribution in [1.29, 1.82) is 0 Å². The Hall–Kier alpha value is -3.25. The number of methoxy groups -OCH3 is 1. The second kappa shape index (κ2) is 7.17. The molecule has 4 rings (SSSR count). The number of nitrogens with zero attached hydrogens (tertiary/aromatic N) is 4. The Labute approximate surface area is 156 Å². The number of ether oxygens (including phenoxy) is 1. The summed E-state index contributed by atoms with van der Waals surface area (Å²) >= 11 is 0. The van der Waals surface area contributed by atoms with Gasteiger partial charge in [-0.3, -0.25) is 0 Å². The molecular weight excluding hydrogens is 340 g/mol. The maximum Gasteiger partial charge on any atom is 0.352 e. The van der Waals surface area contributed by atoms with Crippen LogP contribution in [-0.4, -0.2) is 26.3 Å². The SMILES string of the molecule is COCc1cc2nn(Cc3cccc(C)c3)c(=O)n2c(-c2ccccc2)n1. The molecule has 0 unspecified atom stereocenters. The fourth-order valence-electron chi connectivity index (χ4n) is 3.17. The number of rotatable bonds is 5. The molecule has 2 aromatic heterocycles. The fraction of sp³-hybridized carbons (Fsp3) is 0.190. The van der Waals surface area contributed by atoms with Crippen molar-refractivity contribution in [2.75, 3.05) is 7.11 Å². The van der Waals surface area contributed by atoms with Crippen LogP contribution >= 0.6 is 0 Å². The highest BCUT2D eigenvalue weighted by Crippen LogP contribution is 2.18. The number of fused-ring (bicyclic) bond motifs is 1. The summed E-state index contributed by atoms with van der Waals surface area (Å²) in [5, 5.41) is 4.54. The monoisotopic (exact) mass is 360 g/mol. The second-order valence-corrected chi connectivity index (χ2v) is 6.49. The van der Waals surface area contributed by atoms with Crippen LogP contribution in [0.1, 0.15) is 16.8 Å². The quantitative estimate of drug-likeness (QED) is 0.549. The fourth-order valence-corrected chi connectivity index (χ4v) is 3.17. The van der Waals surface area contributed by atoms with E-state index in [-0.39, 0.29) is 5.69 Å². The molecule has 0 aliphatic carbocycles. The Morgan fingerprint density at radius 2 is 1.85 bits per heavy atom. The summed E-state index contributed by atoms with van der Waals surface area (Å²) in [6.07, 6.45) is 0. The van der Waals surface area contributed by atoms with Crippen molar-refractivity contribution in [1.82, 2.24) is 19.2 Å². The molecule has 27 heavy (non-hydrogen) atoms. The van der Waals surface area contributed by atoms with Crippen LogP contribution in [-0.2, 0) is 17.9 Å². The van der Waals surface area contributed by atoms with E-state index < -0.39 is 0 Å². The zero-order valence-electron chi connectivity index (χ0n) is 15.3. The normalized spacial score (nSPS) is 11.2. The highest BCUT2D eigenvalue weighted by molar-refractivity contribution is 5.59. The van der Waals surface area contributed by atoms with E-state index in [1.54, 1.807) is 17.6 Å². The van der Waals surface area contributed by atoms with Crippen LogP contribution in [0.5, 0.6) is 0 Å². The van der Waals surface area contributed by atoms with E-state index in [9.17, 15) is 4.79 Å².